The van der Waals surface area contributed by atoms with Gasteiger partial charge < -0.3 is 10.6 Å². The van der Waals surface area contributed by atoms with Crippen LogP contribution in [0.25, 0.3) is 0 Å². The number of piperidine rings is 1. The van der Waals surface area contributed by atoms with Crippen LogP contribution in [-0.4, -0.2) is 29.8 Å². The Balaban J connectivity index is 2.14. The molecule has 1 aromatic rings. The van der Waals surface area contributed by atoms with E-state index in [1.807, 2.05) is 0 Å². The molecule has 0 spiro atoms. The van der Waals surface area contributed by atoms with Gasteiger partial charge in [-0.15, -0.1) is 0 Å². The molecule has 1 saturated heterocycles. The van der Waals surface area contributed by atoms with Crippen LogP contribution in [0.3, 0.4) is 0 Å². The van der Waals surface area contributed by atoms with Crippen LogP contribution in [0.2, 0.25) is 5.02 Å². The van der Waals surface area contributed by atoms with E-state index >= 15 is 0 Å². The molecule has 1 atom stereocenters. The average molecular weight is 346 g/mol. The van der Waals surface area contributed by atoms with E-state index in [-0.39, 0.29) is 17.7 Å². The number of hydrogen-bond donors (Lipinski definition) is 1. The Morgan fingerprint density at radius 1 is 1.42 bits per heavy atom. The van der Waals surface area contributed by atoms with E-state index in [2.05, 4.69) is 15.9 Å². The highest BCUT2D eigenvalue weighted by Crippen LogP contribution is 2.25. The average Bonchev–Trinajstić information content (AvgIpc) is 2.41. The molecule has 19 heavy (non-hydrogen) atoms. The van der Waals surface area contributed by atoms with Gasteiger partial charge in [0.2, 0.25) is 5.91 Å². The van der Waals surface area contributed by atoms with E-state index in [1.165, 1.54) is 0 Å². The molecule has 6 heteroatoms. The summed E-state index contributed by atoms with van der Waals surface area (Å²) in [5, 5.41) is 0.495. The lowest BCUT2D eigenvalue weighted by molar-refractivity contribution is -0.123. The van der Waals surface area contributed by atoms with Gasteiger partial charge in [-0.1, -0.05) is 11.6 Å². The Hall–Kier alpha value is -1.07. The second kappa shape index (κ2) is 5.92. The molecule has 2 amide bonds. The van der Waals surface area contributed by atoms with Crippen molar-refractivity contribution in [1.29, 1.82) is 0 Å². The lowest BCUT2D eigenvalue weighted by Crippen LogP contribution is -2.44. The molecule has 0 bridgehead atoms. The molecule has 0 saturated carbocycles. The Bertz CT molecular complexity index is 521. The number of nitrogens with zero attached hydrogens (tertiary/aromatic N) is 1. The van der Waals surface area contributed by atoms with Gasteiger partial charge >= 0.3 is 0 Å². The van der Waals surface area contributed by atoms with E-state index in [0.717, 1.165) is 17.3 Å². The van der Waals surface area contributed by atoms with Gasteiger partial charge in [0.05, 0.1) is 10.9 Å². The molecule has 0 radical (unpaired) electrons. The molecule has 1 aliphatic rings. The molecule has 1 aliphatic heterocycles. The first-order chi connectivity index (χ1) is 8.99. The fourth-order valence-corrected chi connectivity index (χ4v) is 2.63. The fraction of sp³-hybridized carbons (Fsp3) is 0.385. The highest BCUT2D eigenvalue weighted by molar-refractivity contribution is 9.10. The minimum absolute atomic E-state index is 0.111. The van der Waals surface area contributed by atoms with Crippen LogP contribution in [0.5, 0.6) is 0 Å². The number of nitrogens with two attached hydrogens (primary N) is 1. The maximum absolute atomic E-state index is 12.3. The maximum atomic E-state index is 12.3. The normalized spacial score (nSPS) is 19.3. The summed E-state index contributed by atoms with van der Waals surface area (Å²) in [7, 11) is 0. The number of amides is 2. The van der Waals surface area contributed by atoms with Crippen LogP contribution >= 0.6 is 27.5 Å². The molecule has 1 fully saturated rings. The minimum atomic E-state index is -0.341. The molecule has 0 aliphatic carbocycles. The van der Waals surface area contributed by atoms with E-state index in [1.54, 1.807) is 23.1 Å². The zero-order chi connectivity index (χ0) is 14.0. The summed E-state index contributed by atoms with van der Waals surface area (Å²) in [6.45, 7) is 1.04. The minimum Gasteiger partial charge on any atom is -0.369 e. The summed E-state index contributed by atoms with van der Waals surface area (Å²) in [5.74, 6) is -0.699. The Labute approximate surface area is 125 Å². The second-order valence-electron chi connectivity index (χ2n) is 4.62. The first-order valence-corrected chi connectivity index (χ1v) is 7.20. The molecule has 1 heterocycles. The predicted molar refractivity (Wildman–Crippen MR) is 77.0 cm³/mol. The van der Waals surface area contributed by atoms with Crippen molar-refractivity contribution in [1.82, 2.24) is 4.90 Å². The van der Waals surface area contributed by atoms with Crippen molar-refractivity contribution in [3.63, 3.8) is 0 Å². The zero-order valence-corrected chi connectivity index (χ0v) is 12.6. The number of rotatable bonds is 2. The summed E-state index contributed by atoms with van der Waals surface area (Å²) in [6, 6.07) is 5.08. The highest BCUT2D eigenvalue weighted by atomic mass is 79.9. The number of likely N-dealkylation sites (tertiary alicyclic amines) is 1. The van der Waals surface area contributed by atoms with Crippen LogP contribution in [0.4, 0.5) is 0 Å². The van der Waals surface area contributed by atoms with Gasteiger partial charge in [-0.2, -0.15) is 0 Å². The molecule has 2 N–H and O–H groups in total. The van der Waals surface area contributed by atoms with Gasteiger partial charge in [0.25, 0.3) is 5.91 Å². The zero-order valence-electron chi connectivity index (χ0n) is 10.2. The van der Waals surface area contributed by atoms with Crippen LogP contribution in [0.15, 0.2) is 22.7 Å². The van der Waals surface area contributed by atoms with Gasteiger partial charge in [-0.25, -0.2) is 0 Å². The van der Waals surface area contributed by atoms with Crippen molar-refractivity contribution in [3.05, 3.63) is 33.3 Å². The van der Waals surface area contributed by atoms with Crippen molar-refractivity contribution in [2.75, 3.05) is 13.1 Å². The van der Waals surface area contributed by atoms with E-state index < -0.39 is 0 Å². The first kappa shape index (κ1) is 14.3. The Kier molecular flexibility index (Phi) is 4.47. The van der Waals surface area contributed by atoms with E-state index in [0.29, 0.717) is 23.7 Å². The van der Waals surface area contributed by atoms with Gasteiger partial charge in [0, 0.05) is 23.1 Å². The third kappa shape index (κ3) is 3.28. The van der Waals surface area contributed by atoms with Crippen molar-refractivity contribution in [2.45, 2.75) is 12.8 Å². The topological polar surface area (TPSA) is 63.4 Å². The molecule has 4 nitrogen and oxygen atoms in total. The second-order valence-corrected chi connectivity index (χ2v) is 5.88. The predicted octanol–water partition coefficient (Wildman–Crippen LogP) is 2.44. The molecule has 1 aromatic carbocycles. The lowest BCUT2D eigenvalue weighted by Gasteiger charge is -2.31. The van der Waals surface area contributed by atoms with Crippen LogP contribution in [-0.2, 0) is 4.79 Å². The number of carbonyl (C=O) groups is 2. The van der Waals surface area contributed by atoms with Crippen LogP contribution < -0.4 is 5.73 Å². The van der Waals surface area contributed by atoms with Crippen LogP contribution in [0, 0.1) is 5.92 Å². The molecule has 0 aromatic heterocycles. The number of primary amides is 1. The van der Waals surface area contributed by atoms with Crippen molar-refractivity contribution >= 4 is 39.3 Å². The van der Waals surface area contributed by atoms with Crippen molar-refractivity contribution in [3.8, 4) is 0 Å². The van der Waals surface area contributed by atoms with Gasteiger partial charge in [0.15, 0.2) is 0 Å². The van der Waals surface area contributed by atoms with Gasteiger partial charge in [0.1, 0.15) is 0 Å². The molecule has 1 unspecified atom stereocenters. The quantitative estimate of drug-likeness (QED) is 0.895. The van der Waals surface area contributed by atoms with Crippen molar-refractivity contribution in [2.24, 2.45) is 11.7 Å². The third-order valence-electron chi connectivity index (χ3n) is 3.28. The molecular formula is C13H14BrClN2O2. The summed E-state index contributed by atoms with van der Waals surface area (Å²) >= 11 is 9.27. The lowest BCUT2D eigenvalue weighted by atomic mass is 9.97. The molecular weight excluding hydrogens is 332 g/mol. The maximum Gasteiger partial charge on any atom is 0.253 e. The fourth-order valence-electron chi connectivity index (χ4n) is 2.21. The van der Waals surface area contributed by atoms with E-state index in [4.69, 9.17) is 17.3 Å². The third-order valence-corrected chi connectivity index (χ3v) is 4.51. The largest absolute Gasteiger partial charge is 0.369 e. The number of hydrogen-bond acceptors (Lipinski definition) is 2. The number of halogens is 2. The smallest absolute Gasteiger partial charge is 0.253 e. The standard InChI is InChI=1S/C13H14BrClN2O2/c14-10-4-3-8(6-11(10)15)13(19)17-5-1-2-9(7-17)12(16)18/h3-4,6,9H,1-2,5,7H2,(H2,16,18). The highest BCUT2D eigenvalue weighted by Gasteiger charge is 2.27. The summed E-state index contributed by atoms with van der Waals surface area (Å²) in [4.78, 5) is 25.2. The van der Waals surface area contributed by atoms with Crippen LogP contribution in [0.1, 0.15) is 23.2 Å². The van der Waals surface area contributed by atoms with Gasteiger partial charge in [-0.3, -0.25) is 9.59 Å². The Morgan fingerprint density at radius 2 is 2.16 bits per heavy atom. The summed E-state index contributed by atoms with van der Waals surface area (Å²) < 4.78 is 0.749. The van der Waals surface area contributed by atoms with Crippen molar-refractivity contribution < 1.29 is 9.59 Å². The molecule has 102 valence electrons. The Morgan fingerprint density at radius 3 is 2.79 bits per heavy atom. The summed E-state index contributed by atoms with van der Waals surface area (Å²) in [5.41, 5.74) is 5.83. The first-order valence-electron chi connectivity index (χ1n) is 6.02. The monoisotopic (exact) mass is 344 g/mol. The van der Waals surface area contributed by atoms with Gasteiger partial charge in [-0.05, 0) is 47.0 Å². The SMILES string of the molecule is NC(=O)C1CCCN(C(=O)c2ccc(Br)c(Cl)c2)C1. The summed E-state index contributed by atoms with van der Waals surface area (Å²) in [6.07, 6.45) is 1.55. The number of carbonyl (C=O) groups excluding carboxylic acids is 2. The number of benzene rings is 1. The molecule has 2 rings (SSSR count). The van der Waals surface area contributed by atoms with E-state index in [9.17, 15) is 9.59 Å².